The van der Waals surface area contributed by atoms with Gasteiger partial charge in [0.2, 0.25) is 17.8 Å². The van der Waals surface area contributed by atoms with Gasteiger partial charge in [0.1, 0.15) is 36.0 Å². The van der Waals surface area contributed by atoms with Crippen LogP contribution in [0.3, 0.4) is 0 Å². The van der Waals surface area contributed by atoms with Crippen molar-refractivity contribution in [3.8, 4) is 17.6 Å². The molecule has 0 radical (unpaired) electrons. The standard InChI is InChI=1S/C58H59N7O13/c1-35(2)45(53(70)76-5)61-57(73)64-43-24-23-36(15-12-22-41(51(68)74-3)52(69)75-4)33-42(43)58(55(64)72)44(50(67)62-27-29-63(30-28-62)56-59-25-14-26-60-56)47-54(71)78-48(38-18-10-7-11-19-38)46(37-16-8-6-9-17-37)65(47)49(58)39-20-13-21-40(34-39)77-32-31-66/h6-11,13-14,16-21,23-26,33-35,41,44-49,66H,22,27-32H2,1-5H3,(H,61,73). The molecule has 2 N–H and O–H groups in total. The van der Waals surface area contributed by atoms with Crippen LogP contribution < -0.4 is 19.9 Å². The van der Waals surface area contributed by atoms with Crippen molar-refractivity contribution < 1.29 is 62.4 Å². The van der Waals surface area contributed by atoms with Crippen LogP contribution >= 0.6 is 0 Å². The first-order valence-electron chi connectivity index (χ1n) is 25.5. The number of piperazine rings is 1. The van der Waals surface area contributed by atoms with E-state index < -0.39 is 95.2 Å². The lowest BCUT2D eigenvalue weighted by Crippen LogP contribution is -2.60. The summed E-state index contributed by atoms with van der Waals surface area (Å²) in [4.78, 5) is 118. The van der Waals surface area contributed by atoms with Crippen LogP contribution in [0.2, 0.25) is 0 Å². The summed E-state index contributed by atoms with van der Waals surface area (Å²) in [6.07, 6.45) is 1.89. The third-order valence-corrected chi connectivity index (χ3v) is 14.8. The van der Waals surface area contributed by atoms with E-state index in [1.165, 1.54) is 13.2 Å². The number of carbonyl (C=O) groups excluding carboxylic acids is 7. The number of nitrogens with zero attached hydrogens (tertiary/aromatic N) is 6. The maximum atomic E-state index is 16.9. The van der Waals surface area contributed by atoms with Gasteiger partial charge in [0.25, 0.3) is 0 Å². The number of rotatable bonds is 14. The maximum Gasteiger partial charge on any atom is 0.329 e. The number of ether oxygens (including phenoxy) is 5. The Labute approximate surface area is 450 Å². The zero-order chi connectivity index (χ0) is 55.3. The van der Waals surface area contributed by atoms with Gasteiger partial charge in [-0.05, 0) is 64.6 Å². The van der Waals surface area contributed by atoms with Gasteiger partial charge in [0.05, 0.1) is 51.6 Å². The topological polar surface area (TPSA) is 237 Å². The number of methoxy groups -OCH3 is 3. The van der Waals surface area contributed by atoms with Gasteiger partial charge in [-0.2, -0.15) is 0 Å². The van der Waals surface area contributed by atoms with Gasteiger partial charge >= 0.3 is 29.9 Å². The van der Waals surface area contributed by atoms with Gasteiger partial charge < -0.3 is 43.9 Å². The maximum absolute atomic E-state index is 16.9. The molecule has 20 heteroatoms. The molecule has 5 aromatic rings. The Morgan fingerprint density at radius 3 is 2.04 bits per heavy atom. The van der Waals surface area contributed by atoms with E-state index in [-0.39, 0.29) is 62.6 Å². The van der Waals surface area contributed by atoms with Crippen molar-refractivity contribution in [1.29, 1.82) is 0 Å². The predicted octanol–water partition coefficient (Wildman–Crippen LogP) is 4.47. The predicted molar refractivity (Wildman–Crippen MR) is 280 cm³/mol. The summed E-state index contributed by atoms with van der Waals surface area (Å²) in [5.74, 6) is -1.73. The van der Waals surface area contributed by atoms with Crippen molar-refractivity contribution in [2.75, 3.05) is 70.5 Å². The van der Waals surface area contributed by atoms with Crippen LogP contribution in [-0.4, -0.2) is 139 Å². The van der Waals surface area contributed by atoms with Crippen LogP contribution in [0.25, 0.3) is 0 Å². The molecule has 3 saturated heterocycles. The molecule has 0 aliphatic carbocycles. The average Bonchev–Trinajstić information content (AvgIpc) is 2.44. The fourth-order valence-electron chi connectivity index (χ4n) is 11.3. The number of urea groups is 1. The summed E-state index contributed by atoms with van der Waals surface area (Å²) in [6.45, 7) is 3.78. The Bertz CT molecular complexity index is 3110. The first kappa shape index (κ1) is 54.1. The molecule has 1 spiro atoms. The van der Waals surface area contributed by atoms with Crippen molar-refractivity contribution in [3.63, 3.8) is 0 Å². The first-order valence-corrected chi connectivity index (χ1v) is 25.5. The second-order valence-electron chi connectivity index (χ2n) is 19.4. The summed E-state index contributed by atoms with van der Waals surface area (Å²) >= 11 is 0. The van der Waals surface area contributed by atoms with Gasteiger partial charge in [0, 0.05) is 50.6 Å². The molecule has 4 amide bonds. The Morgan fingerprint density at radius 1 is 0.769 bits per heavy atom. The number of esters is 4. The van der Waals surface area contributed by atoms with Crippen LogP contribution in [0.5, 0.6) is 5.75 Å². The van der Waals surface area contributed by atoms with Gasteiger partial charge in [-0.15, -0.1) is 0 Å². The molecule has 0 saturated carbocycles. The van der Waals surface area contributed by atoms with E-state index in [1.807, 2.05) is 70.5 Å². The Hall–Kier alpha value is -8.67. The van der Waals surface area contributed by atoms with Crippen molar-refractivity contribution in [2.24, 2.45) is 17.8 Å². The highest BCUT2D eigenvalue weighted by Gasteiger charge is 2.76. The zero-order valence-electron chi connectivity index (χ0n) is 43.6. The van der Waals surface area contributed by atoms with Crippen LogP contribution in [0.1, 0.15) is 66.3 Å². The van der Waals surface area contributed by atoms with E-state index in [0.29, 0.717) is 28.4 Å². The van der Waals surface area contributed by atoms with Crippen molar-refractivity contribution >= 4 is 53.4 Å². The minimum atomic E-state index is -2.24. The summed E-state index contributed by atoms with van der Waals surface area (Å²) in [7, 11) is 3.45. The first-order chi connectivity index (χ1) is 37.8. The third kappa shape index (κ3) is 9.97. The number of aliphatic hydroxyl groups is 1. The molecule has 4 aliphatic heterocycles. The average molecular weight is 1060 g/mol. The van der Waals surface area contributed by atoms with Crippen molar-refractivity contribution in [2.45, 2.75) is 56.0 Å². The van der Waals surface area contributed by atoms with Gasteiger partial charge in [0.15, 0.2) is 5.92 Å². The molecule has 7 atom stereocenters. The lowest BCUT2D eigenvalue weighted by Gasteiger charge is -2.46. The smallest absolute Gasteiger partial charge is 0.329 e. The summed E-state index contributed by atoms with van der Waals surface area (Å²) in [5, 5.41) is 12.7. The monoisotopic (exact) mass is 1060 g/mol. The highest BCUT2D eigenvalue weighted by molar-refractivity contribution is 6.25. The molecule has 78 heavy (non-hydrogen) atoms. The van der Waals surface area contributed by atoms with Crippen molar-refractivity contribution in [1.82, 2.24) is 25.1 Å². The Kier molecular flexibility index (Phi) is 16.2. The third-order valence-electron chi connectivity index (χ3n) is 14.8. The molecule has 5 heterocycles. The SMILES string of the molecule is COC(=O)C(CC#Cc1ccc2c(c1)C1(C(=O)N2C(=O)NC(C(=O)OC)C(C)C)C(C(=O)N2CCN(c3ncccn3)CC2)C2C(=O)OC(c3ccccc3)C(c3ccccc3)N2C1c1cccc(OCCO)c1)C(=O)OC. The van der Waals surface area contributed by atoms with Crippen LogP contribution in [0.4, 0.5) is 16.4 Å². The summed E-state index contributed by atoms with van der Waals surface area (Å²) in [6, 6.07) is 25.6. The lowest BCUT2D eigenvalue weighted by molar-refractivity contribution is -0.179. The number of cyclic esters (lactones) is 1. The number of fused-ring (bicyclic) bond motifs is 3. The second kappa shape index (κ2) is 23.3. The number of hydrogen-bond acceptors (Lipinski definition) is 17. The highest BCUT2D eigenvalue weighted by atomic mass is 16.6. The number of aromatic nitrogens is 2. The molecule has 9 rings (SSSR count). The molecule has 4 aromatic carbocycles. The molecule has 1 aromatic heterocycles. The minimum Gasteiger partial charge on any atom is -0.491 e. The Morgan fingerprint density at radius 2 is 1.41 bits per heavy atom. The number of aliphatic hydroxyl groups excluding tert-OH is 1. The Balaban J connectivity index is 1.34. The molecular weight excluding hydrogens is 1000 g/mol. The van der Waals surface area contributed by atoms with E-state index >= 15 is 19.2 Å². The molecule has 20 nitrogen and oxygen atoms in total. The fraction of sp³-hybridized carbons (Fsp3) is 0.362. The second-order valence-corrected chi connectivity index (χ2v) is 19.4. The summed E-state index contributed by atoms with van der Waals surface area (Å²) < 4.78 is 27.5. The number of nitrogens with one attached hydrogen (secondary N) is 1. The number of imide groups is 1. The van der Waals surface area contributed by atoms with Crippen LogP contribution in [-0.2, 0) is 53.1 Å². The van der Waals surface area contributed by atoms with Gasteiger partial charge in [-0.1, -0.05) is 98.5 Å². The fourth-order valence-corrected chi connectivity index (χ4v) is 11.3. The van der Waals surface area contributed by atoms with Gasteiger partial charge in [-0.25, -0.2) is 24.5 Å². The summed E-state index contributed by atoms with van der Waals surface area (Å²) in [5.41, 5.74) is -0.173. The number of carbonyl (C=O) groups is 7. The molecule has 7 unspecified atom stereocenters. The van der Waals surface area contributed by atoms with Gasteiger partial charge in [-0.3, -0.25) is 28.9 Å². The molecule has 3 fully saturated rings. The van der Waals surface area contributed by atoms with E-state index in [4.69, 9.17) is 23.7 Å². The number of hydrogen-bond donors (Lipinski definition) is 2. The van der Waals surface area contributed by atoms with Crippen molar-refractivity contribution in [3.05, 3.63) is 149 Å². The largest absolute Gasteiger partial charge is 0.491 e. The number of amides is 4. The van der Waals surface area contributed by atoms with E-state index in [1.54, 1.807) is 73.6 Å². The quantitative estimate of drug-likeness (QED) is 0.0675. The highest BCUT2D eigenvalue weighted by Crippen LogP contribution is 2.66. The number of anilines is 2. The number of morpholine rings is 1. The number of benzene rings is 4. The molecule has 4 aliphatic rings. The van der Waals surface area contributed by atoms with Crippen LogP contribution in [0.15, 0.2) is 122 Å². The van der Waals surface area contributed by atoms with Crippen LogP contribution in [0, 0.1) is 29.6 Å². The minimum absolute atomic E-state index is 0.0167. The zero-order valence-corrected chi connectivity index (χ0v) is 43.6. The van der Waals surface area contributed by atoms with E-state index in [2.05, 4.69) is 27.1 Å². The normalized spacial score (nSPS) is 21.9. The van der Waals surface area contributed by atoms with E-state index in [0.717, 1.165) is 19.1 Å². The molecule has 0 bridgehead atoms. The molecular formula is C58H59N7O13. The lowest BCUT2D eigenvalue weighted by atomic mass is 9.64. The van der Waals surface area contributed by atoms with E-state index in [9.17, 15) is 19.5 Å². The molecule has 404 valence electrons.